The van der Waals surface area contributed by atoms with Crippen LogP contribution in [-0.4, -0.2) is 9.97 Å². The molecule has 2 heterocycles. The fourth-order valence-electron chi connectivity index (χ4n) is 2.79. The predicted octanol–water partition coefficient (Wildman–Crippen LogP) is 6.84. The molecule has 2 aromatic heterocycles. The van der Waals surface area contributed by atoms with E-state index >= 15 is 0 Å². The van der Waals surface area contributed by atoms with Crippen LogP contribution >= 0.6 is 23.2 Å². The van der Waals surface area contributed by atoms with Gasteiger partial charge in [0.15, 0.2) is 5.75 Å². The number of para-hydroxylation sites is 1. The Bertz CT molecular complexity index is 1130. The van der Waals surface area contributed by atoms with E-state index in [9.17, 15) is 4.39 Å². The first-order chi connectivity index (χ1) is 13.0. The van der Waals surface area contributed by atoms with Crippen molar-refractivity contribution in [3.8, 4) is 22.9 Å². The zero-order valence-electron chi connectivity index (χ0n) is 14.2. The predicted molar refractivity (Wildman–Crippen MR) is 106 cm³/mol. The van der Waals surface area contributed by atoms with E-state index < -0.39 is 0 Å². The molecule has 6 heteroatoms. The summed E-state index contributed by atoms with van der Waals surface area (Å²) in [6, 6.07) is 15.6. The van der Waals surface area contributed by atoms with Gasteiger partial charge in [0.05, 0.1) is 33.1 Å². The van der Waals surface area contributed by atoms with E-state index in [1.54, 1.807) is 30.3 Å². The minimum atomic E-state index is -0.378. The molecule has 0 bridgehead atoms. The molecule has 0 unspecified atom stereocenters. The van der Waals surface area contributed by atoms with E-state index in [4.69, 9.17) is 27.9 Å². The number of halogens is 3. The van der Waals surface area contributed by atoms with E-state index in [2.05, 4.69) is 9.97 Å². The average molecular weight is 399 g/mol. The van der Waals surface area contributed by atoms with Crippen molar-refractivity contribution in [1.82, 2.24) is 9.97 Å². The molecule has 27 heavy (non-hydrogen) atoms. The number of ether oxygens (including phenoxy) is 1. The van der Waals surface area contributed by atoms with Gasteiger partial charge in [-0.3, -0.25) is 4.98 Å². The van der Waals surface area contributed by atoms with Crippen LogP contribution in [0.2, 0.25) is 10.0 Å². The first kappa shape index (κ1) is 17.7. The normalized spacial score (nSPS) is 11.0. The minimum absolute atomic E-state index is 0.378. The van der Waals surface area contributed by atoms with Crippen LogP contribution in [0.4, 0.5) is 4.39 Å². The highest BCUT2D eigenvalue weighted by molar-refractivity contribution is 6.37. The van der Waals surface area contributed by atoms with Crippen LogP contribution in [0.5, 0.6) is 11.5 Å². The third-order valence-electron chi connectivity index (χ3n) is 4.12. The van der Waals surface area contributed by atoms with E-state index in [1.165, 1.54) is 12.3 Å². The van der Waals surface area contributed by atoms with Crippen molar-refractivity contribution in [2.45, 2.75) is 6.92 Å². The Morgan fingerprint density at radius 3 is 2.41 bits per heavy atom. The zero-order chi connectivity index (χ0) is 19.0. The Hall–Kier alpha value is -2.69. The summed E-state index contributed by atoms with van der Waals surface area (Å²) in [5, 5.41) is 1.81. The molecule has 134 valence electrons. The van der Waals surface area contributed by atoms with Gasteiger partial charge in [0.1, 0.15) is 11.6 Å². The summed E-state index contributed by atoms with van der Waals surface area (Å²) in [6.45, 7) is 1.98. The number of rotatable bonds is 3. The highest BCUT2D eigenvalue weighted by Gasteiger charge is 2.11. The lowest BCUT2D eigenvalue weighted by Crippen LogP contribution is -1.93. The minimum Gasteiger partial charge on any atom is -0.454 e. The molecule has 0 amide bonds. The van der Waals surface area contributed by atoms with Crippen molar-refractivity contribution in [3.05, 3.63) is 82.2 Å². The number of aromatic nitrogens is 2. The molecule has 0 aliphatic rings. The molecule has 0 aliphatic carbocycles. The monoisotopic (exact) mass is 398 g/mol. The number of benzene rings is 2. The number of fused-ring (bicyclic) bond motifs is 1. The van der Waals surface area contributed by atoms with Gasteiger partial charge in [0, 0.05) is 5.39 Å². The largest absolute Gasteiger partial charge is 0.454 e. The second kappa shape index (κ2) is 7.14. The Labute approximate surface area is 165 Å². The van der Waals surface area contributed by atoms with Crippen LogP contribution in [0.15, 0.2) is 60.8 Å². The quantitative estimate of drug-likeness (QED) is 0.378. The zero-order valence-corrected chi connectivity index (χ0v) is 15.7. The van der Waals surface area contributed by atoms with Gasteiger partial charge < -0.3 is 4.74 Å². The highest BCUT2D eigenvalue weighted by atomic mass is 35.5. The van der Waals surface area contributed by atoms with Gasteiger partial charge in [-0.1, -0.05) is 29.3 Å². The molecule has 3 nitrogen and oxygen atoms in total. The van der Waals surface area contributed by atoms with Gasteiger partial charge in [0.25, 0.3) is 0 Å². The number of nitrogens with zero attached hydrogens (tertiary/aromatic N) is 2. The summed E-state index contributed by atoms with van der Waals surface area (Å²) in [5.74, 6) is 0.643. The molecule has 0 N–H and O–H groups in total. The van der Waals surface area contributed by atoms with Crippen LogP contribution in [0.1, 0.15) is 5.56 Å². The SMILES string of the molecule is Cc1cc(-c2ccc(F)cn2)nc2ccc(Oc3c(Cl)cccc3Cl)cc12. The van der Waals surface area contributed by atoms with Crippen molar-refractivity contribution in [1.29, 1.82) is 0 Å². The fourth-order valence-corrected chi connectivity index (χ4v) is 3.27. The second-order valence-electron chi connectivity index (χ2n) is 6.02. The molecule has 0 radical (unpaired) electrons. The topological polar surface area (TPSA) is 35.0 Å². The van der Waals surface area contributed by atoms with Crippen molar-refractivity contribution in [2.24, 2.45) is 0 Å². The maximum absolute atomic E-state index is 13.1. The van der Waals surface area contributed by atoms with Crippen LogP contribution in [-0.2, 0) is 0 Å². The average Bonchev–Trinajstić information content (AvgIpc) is 2.66. The standard InChI is InChI=1S/C21H13Cl2FN2O/c1-12-9-20(19-7-5-13(24)11-25-19)26-18-8-6-14(10-15(12)18)27-21-16(22)3-2-4-17(21)23/h2-11H,1H3. The van der Waals surface area contributed by atoms with E-state index in [0.29, 0.717) is 32.9 Å². The summed E-state index contributed by atoms with van der Waals surface area (Å²) in [5.41, 5.74) is 3.08. The summed E-state index contributed by atoms with van der Waals surface area (Å²) in [7, 11) is 0. The first-order valence-corrected chi connectivity index (χ1v) is 8.92. The fraction of sp³-hybridized carbons (Fsp3) is 0.0476. The lowest BCUT2D eigenvalue weighted by molar-refractivity contribution is 0.484. The number of hydrogen-bond donors (Lipinski definition) is 0. The summed E-state index contributed by atoms with van der Waals surface area (Å²) >= 11 is 12.3. The van der Waals surface area contributed by atoms with Crippen LogP contribution in [0.3, 0.4) is 0 Å². The Kier molecular flexibility index (Phi) is 4.68. The molecule has 4 aromatic rings. The molecule has 0 saturated heterocycles. The Balaban J connectivity index is 1.74. The van der Waals surface area contributed by atoms with E-state index in [0.717, 1.165) is 16.5 Å². The van der Waals surface area contributed by atoms with Gasteiger partial charge in [-0.05, 0) is 61.0 Å². The highest BCUT2D eigenvalue weighted by Crippen LogP contribution is 2.37. The lowest BCUT2D eigenvalue weighted by Gasteiger charge is -2.11. The number of hydrogen-bond acceptors (Lipinski definition) is 3. The third kappa shape index (κ3) is 3.59. The van der Waals surface area contributed by atoms with Crippen molar-refractivity contribution in [3.63, 3.8) is 0 Å². The lowest BCUT2D eigenvalue weighted by atomic mass is 10.1. The summed E-state index contributed by atoms with van der Waals surface area (Å²) in [4.78, 5) is 8.72. The molecule has 2 aromatic carbocycles. The smallest absolute Gasteiger partial charge is 0.164 e. The van der Waals surface area contributed by atoms with Gasteiger partial charge >= 0.3 is 0 Å². The molecule has 0 atom stereocenters. The molecule has 0 aliphatic heterocycles. The van der Waals surface area contributed by atoms with Crippen LogP contribution in [0.25, 0.3) is 22.3 Å². The summed E-state index contributed by atoms with van der Waals surface area (Å²) in [6.07, 6.45) is 1.18. The van der Waals surface area contributed by atoms with Gasteiger partial charge in [0.2, 0.25) is 0 Å². The molecular formula is C21H13Cl2FN2O. The van der Waals surface area contributed by atoms with Crippen LogP contribution in [0, 0.1) is 12.7 Å². The second-order valence-corrected chi connectivity index (χ2v) is 6.83. The van der Waals surface area contributed by atoms with E-state index in [1.807, 2.05) is 25.1 Å². The first-order valence-electron chi connectivity index (χ1n) is 8.16. The van der Waals surface area contributed by atoms with Gasteiger partial charge in [-0.25, -0.2) is 9.37 Å². The van der Waals surface area contributed by atoms with Crippen molar-refractivity contribution >= 4 is 34.1 Å². The number of pyridine rings is 2. The van der Waals surface area contributed by atoms with Crippen molar-refractivity contribution in [2.75, 3.05) is 0 Å². The van der Waals surface area contributed by atoms with E-state index in [-0.39, 0.29) is 5.82 Å². The van der Waals surface area contributed by atoms with Crippen LogP contribution < -0.4 is 4.74 Å². The summed E-state index contributed by atoms with van der Waals surface area (Å²) < 4.78 is 19.0. The van der Waals surface area contributed by atoms with Gasteiger partial charge in [-0.15, -0.1) is 0 Å². The molecule has 0 saturated carbocycles. The van der Waals surface area contributed by atoms with Gasteiger partial charge in [-0.2, -0.15) is 0 Å². The Morgan fingerprint density at radius 2 is 1.70 bits per heavy atom. The molecular weight excluding hydrogens is 386 g/mol. The number of aryl methyl sites for hydroxylation is 1. The third-order valence-corrected chi connectivity index (χ3v) is 4.71. The molecule has 0 spiro atoms. The molecule has 0 fully saturated rings. The Morgan fingerprint density at radius 1 is 0.926 bits per heavy atom. The van der Waals surface area contributed by atoms with Crippen molar-refractivity contribution < 1.29 is 9.13 Å². The maximum atomic E-state index is 13.1. The molecule has 4 rings (SSSR count). The maximum Gasteiger partial charge on any atom is 0.164 e.